The molecule has 2 aromatic heterocycles. The fraction of sp³-hybridized carbons (Fsp3) is 0.0606. The Hall–Kier alpha value is -4.46. The molecular weight excluding hydrogens is 437 g/mol. The van der Waals surface area contributed by atoms with Crippen LogP contribution in [0, 0.1) is 6.92 Å². The SMILES string of the molecule is Cc1cc(C2=C=Cc3c2[nH]c2c3oc3ccccc32)c2c(c1)[C@H]1c3ccccc3-c3cccc(c31)B2. The largest absolute Gasteiger partial charge is 0.454 e. The van der Waals surface area contributed by atoms with Gasteiger partial charge in [-0.3, -0.25) is 0 Å². The summed E-state index contributed by atoms with van der Waals surface area (Å²) in [7, 11) is 0.943. The molecule has 9 rings (SSSR count). The molecule has 0 saturated carbocycles. The minimum absolute atomic E-state index is 0.295. The Labute approximate surface area is 208 Å². The van der Waals surface area contributed by atoms with Crippen molar-refractivity contribution in [2.45, 2.75) is 12.8 Å². The topological polar surface area (TPSA) is 28.9 Å². The van der Waals surface area contributed by atoms with Crippen LogP contribution in [0.4, 0.5) is 0 Å². The lowest BCUT2D eigenvalue weighted by molar-refractivity contribution is 0.669. The third-order valence-electron chi connectivity index (χ3n) is 8.39. The zero-order chi connectivity index (χ0) is 23.5. The molecule has 1 N–H and O–H groups in total. The van der Waals surface area contributed by atoms with Crippen LogP contribution in [-0.4, -0.2) is 12.3 Å². The van der Waals surface area contributed by atoms with Crippen LogP contribution in [0.5, 0.6) is 0 Å². The van der Waals surface area contributed by atoms with Gasteiger partial charge < -0.3 is 9.40 Å². The number of aryl methyl sites for hydroxylation is 1. The Kier molecular flexibility index (Phi) is 3.35. The van der Waals surface area contributed by atoms with Gasteiger partial charge in [0.1, 0.15) is 5.58 Å². The predicted octanol–water partition coefficient (Wildman–Crippen LogP) is 6.14. The van der Waals surface area contributed by atoms with E-state index < -0.39 is 0 Å². The van der Waals surface area contributed by atoms with Crippen LogP contribution in [0.2, 0.25) is 0 Å². The molecule has 3 aliphatic rings. The smallest absolute Gasteiger partial charge is 0.193 e. The molecule has 1 atom stereocenters. The van der Waals surface area contributed by atoms with Crippen molar-refractivity contribution in [3.05, 3.63) is 124 Å². The number of para-hydroxylation sites is 1. The van der Waals surface area contributed by atoms with Crippen molar-refractivity contribution in [1.29, 1.82) is 0 Å². The van der Waals surface area contributed by atoms with E-state index in [4.69, 9.17) is 4.42 Å². The minimum atomic E-state index is 0.295. The highest BCUT2D eigenvalue weighted by Gasteiger charge is 2.38. The zero-order valence-corrected chi connectivity index (χ0v) is 19.8. The fourth-order valence-corrected chi connectivity index (χ4v) is 6.96. The van der Waals surface area contributed by atoms with E-state index in [1.807, 2.05) is 12.1 Å². The molecule has 3 heteroatoms. The molecule has 0 spiro atoms. The Bertz CT molecular complexity index is 2030. The van der Waals surface area contributed by atoms with Crippen molar-refractivity contribution in [3.8, 4) is 11.1 Å². The summed E-state index contributed by atoms with van der Waals surface area (Å²) in [6.45, 7) is 2.22. The van der Waals surface area contributed by atoms with Gasteiger partial charge in [0, 0.05) is 16.9 Å². The second kappa shape index (κ2) is 6.40. The molecule has 36 heavy (non-hydrogen) atoms. The first-order valence-corrected chi connectivity index (χ1v) is 12.6. The zero-order valence-electron chi connectivity index (χ0n) is 19.8. The van der Waals surface area contributed by atoms with E-state index in [1.54, 1.807) is 0 Å². The fourth-order valence-electron chi connectivity index (χ4n) is 6.96. The molecule has 166 valence electrons. The molecule has 0 fully saturated rings. The lowest BCUT2D eigenvalue weighted by atomic mass is 9.52. The number of aromatic amines is 1. The van der Waals surface area contributed by atoms with E-state index >= 15 is 0 Å². The number of aromatic nitrogens is 1. The first-order chi connectivity index (χ1) is 17.8. The lowest BCUT2D eigenvalue weighted by Gasteiger charge is -2.28. The molecule has 2 nitrogen and oxygen atoms in total. The van der Waals surface area contributed by atoms with Gasteiger partial charge in [-0.05, 0) is 58.5 Å². The minimum Gasteiger partial charge on any atom is -0.454 e. The third-order valence-corrected chi connectivity index (χ3v) is 8.39. The summed E-state index contributed by atoms with van der Waals surface area (Å²) >= 11 is 0. The number of rotatable bonds is 1. The van der Waals surface area contributed by atoms with Crippen LogP contribution in [0.3, 0.4) is 0 Å². The van der Waals surface area contributed by atoms with E-state index in [9.17, 15) is 0 Å². The van der Waals surface area contributed by atoms with Crippen LogP contribution in [0.1, 0.15) is 45.0 Å². The van der Waals surface area contributed by atoms with E-state index in [0.29, 0.717) is 5.92 Å². The summed E-state index contributed by atoms with van der Waals surface area (Å²) in [5.74, 6) is 0.295. The van der Waals surface area contributed by atoms with Crippen LogP contribution in [0.25, 0.3) is 44.8 Å². The summed E-state index contributed by atoms with van der Waals surface area (Å²) in [5.41, 5.74) is 22.5. The van der Waals surface area contributed by atoms with Crippen molar-refractivity contribution < 1.29 is 4.42 Å². The summed E-state index contributed by atoms with van der Waals surface area (Å²) < 4.78 is 6.27. The molecule has 4 aromatic carbocycles. The van der Waals surface area contributed by atoms with Gasteiger partial charge in [0.2, 0.25) is 0 Å². The van der Waals surface area contributed by atoms with Gasteiger partial charge in [-0.25, -0.2) is 0 Å². The number of furan rings is 1. The molecule has 1 aliphatic heterocycles. The Balaban J connectivity index is 1.29. The van der Waals surface area contributed by atoms with E-state index in [2.05, 4.69) is 90.4 Å². The lowest BCUT2D eigenvalue weighted by Crippen LogP contribution is -2.41. The van der Waals surface area contributed by atoms with Gasteiger partial charge in [-0.2, -0.15) is 0 Å². The molecule has 2 aliphatic carbocycles. The molecule has 0 radical (unpaired) electrons. The standard InChI is InChI=1S/C33H20BNO/c1-17-15-24(21-13-14-23-31(21)35-32-22-9-4-5-12-27(22)36-33(23)32)30-25(16-17)28-19-8-3-2-7-18(19)20-10-6-11-26(34-30)29(20)28/h2-12,14-16,28,34-35H,1H3/t28-/m1/s1. The van der Waals surface area contributed by atoms with Gasteiger partial charge in [-0.15, -0.1) is 5.73 Å². The van der Waals surface area contributed by atoms with Gasteiger partial charge in [-0.1, -0.05) is 83.2 Å². The number of hydrogen-bond acceptors (Lipinski definition) is 1. The van der Waals surface area contributed by atoms with Crippen LogP contribution in [0.15, 0.2) is 89.0 Å². The Morgan fingerprint density at radius 2 is 1.72 bits per heavy atom. The van der Waals surface area contributed by atoms with E-state index in [1.165, 1.54) is 49.9 Å². The average molecular weight is 457 g/mol. The average Bonchev–Trinajstić information content (AvgIpc) is 3.64. The first kappa shape index (κ1) is 18.8. The maximum absolute atomic E-state index is 6.27. The summed E-state index contributed by atoms with van der Waals surface area (Å²) in [6, 6.07) is 28.8. The molecule has 3 heterocycles. The number of benzene rings is 4. The van der Waals surface area contributed by atoms with Crippen LogP contribution in [-0.2, 0) is 0 Å². The van der Waals surface area contributed by atoms with Crippen molar-refractivity contribution in [3.63, 3.8) is 0 Å². The van der Waals surface area contributed by atoms with Gasteiger partial charge in [0.15, 0.2) is 12.9 Å². The van der Waals surface area contributed by atoms with Crippen molar-refractivity contribution in [2.24, 2.45) is 0 Å². The summed E-state index contributed by atoms with van der Waals surface area (Å²) in [6.07, 6.45) is 2.10. The van der Waals surface area contributed by atoms with E-state index in [-0.39, 0.29) is 0 Å². The Morgan fingerprint density at radius 3 is 2.69 bits per heavy atom. The van der Waals surface area contributed by atoms with Crippen molar-refractivity contribution in [2.75, 3.05) is 0 Å². The van der Waals surface area contributed by atoms with Gasteiger partial charge in [0.05, 0.1) is 16.8 Å². The second-order valence-corrected chi connectivity index (χ2v) is 10.3. The third kappa shape index (κ3) is 2.20. The number of nitrogens with one attached hydrogen (secondary N) is 1. The maximum atomic E-state index is 6.27. The highest BCUT2D eigenvalue weighted by molar-refractivity contribution is 6.70. The number of H-pyrrole nitrogens is 1. The van der Waals surface area contributed by atoms with Crippen LogP contribution >= 0.6 is 0 Å². The van der Waals surface area contributed by atoms with Crippen molar-refractivity contribution >= 4 is 51.9 Å². The van der Waals surface area contributed by atoms with Crippen LogP contribution < -0.4 is 10.9 Å². The molecule has 6 aromatic rings. The number of fused-ring (bicyclic) bond motifs is 10. The summed E-state index contributed by atoms with van der Waals surface area (Å²) in [4.78, 5) is 3.72. The first-order valence-electron chi connectivity index (χ1n) is 12.6. The predicted molar refractivity (Wildman–Crippen MR) is 149 cm³/mol. The van der Waals surface area contributed by atoms with E-state index in [0.717, 1.165) is 46.2 Å². The highest BCUT2D eigenvalue weighted by atomic mass is 16.3. The molecular formula is C33H20BNO. The van der Waals surface area contributed by atoms with Crippen molar-refractivity contribution in [1.82, 2.24) is 4.98 Å². The van der Waals surface area contributed by atoms with Gasteiger partial charge in [0.25, 0.3) is 0 Å². The second-order valence-electron chi connectivity index (χ2n) is 10.3. The maximum Gasteiger partial charge on any atom is 0.193 e. The number of hydrogen-bond donors (Lipinski definition) is 1. The normalized spacial score (nSPS) is 16.0. The molecule has 0 saturated heterocycles. The monoisotopic (exact) mass is 457 g/mol. The van der Waals surface area contributed by atoms with Gasteiger partial charge >= 0.3 is 0 Å². The quantitative estimate of drug-likeness (QED) is 0.233. The molecule has 0 amide bonds. The Morgan fingerprint density at radius 1 is 0.861 bits per heavy atom. The molecule has 0 bridgehead atoms. The molecule has 0 unspecified atom stereocenters. The highest BCUT2D eigenvalue weighted by Crippen LogP contribution is 2.49. The summed E-state index contributed by atoms with van der Waals surface area (Å²) in [5, 5.41) is 1.13.